The van der Waals surface area contributed by atoms with Gasteiger partial charge >= 0.3 is 58.4 Å². The average Bonchev–Trinajstić information content (AvgIpc) is 2.50. The maximum absolute atomic E-state index is 12.3. The van der Waals surface area contributed by atoms with Crippen molar-refractivity contribution in [1.29, 1.82) is 0 Å². The van der Waals surface area contributed by atoms with Gasteiger partial charge in [-0.15, -0.1) is 12.1 Å². The van der Waals surface area contributed by atoms with Gasteiger partial charge in [-0.05, 0) is 26.6 Å². The Bertz CT molecular complexity index is 378. The van der Waals surface area contributed by atoms with Gasteiger partial charge in [0.05, 0.1) is 6.26 Å². The number of hydrogen-bond donors (Lipinski definition) is 0. The molecule has 0 amide bonds. The van der Waals surface area contributed by atoms with E-state index in [-0.39, 0.29) is 57.9 Å². The number of hydrogen-bond acceptors (Lipinski definition) is 2. The molecule has 2 nitrogen and oxygen atoms in total. The molecule has 0 spiro atoms. The zero-order chi connectivity index (χ0) is 12.3. The van der Waals surface area contributed by atoms with Crippen molar-refractivity contribution in [3.8, 4) is 0 Å². The van der Waals surface area contributed by atoms with Gasteiger partial charge in [0.1, 0.15) is 5.76 Å². The summed E-state index contributed by atoms with van der Waals surface area (Å²) in [6.45, 7) is 0.151. The van der Waals surface area contributed by atoms with Crippen molar-refractivity contribution in [1.82, 2.24) is 4.90 Å². The summed E-state index contributed by atoms with van der Waals surface area (Å²) >= 11 is 0. The Morgan fingerprint density at radius 2 is 2.06 bits per heavy atom. The van der Waals surface area contributed by atoms with Crippen molar-refractivity contribution >= 4 is 6.98 Å². The summed E-state index contributed by atoms with van der Waals surface area (Å²) in [5, 5.41) is 0. The molecule has 0 atom stereocenters. The second-order valence-corrected chi connectivity index (χ2v) is 3.91. The van der Waals surface area contributed by atoms with E-state index in [1.807, 2.05) is 0 Å². The summed E-state index contributed by atoms with van der Waals surface area (Å²) in [5.41, 5.74) is 0.216. The topological polar surface area (TPSA) is 16.4 Å². The van der Waals surface area contributed by atoms with Crippen molar-refractivity contribution < 1.29 is 68.7 Å². The SMILES string of the molecule is C=C(CN(C)Cc1ccoc1C)[B-](F)(F)F.[K+]. The number of nitrogens with zero attached hydrogens (tertiary/aromatic N) is 1. The fraction of sp³-hybridized carbons (Fsp3) is 0.400. The third kappa shape index (κ3) is 5.76. The normalized spacial score (nSPS) is 11.4. The van der Waals surface area contributed by atoms with E-state index in [2.05, 4.69) is 6.58 Å². The fourth-order valence-electron chi connectivity index (χ4n) is 1.37. The maximum atomic E-state index is 12.3. The van der Waals surface area contributed by atoms with Crippen molar-refractivity contribution in [2.45, 2.75) is 13.5 Å². The minimum atomic E-state index is -4.94. The molecule has 17 heavy (non-hydrogen) atoms. The molecule has 0 saturated carbocycles. The van der Waals surface area contributed by atoms with Gasteiger partial charge in [-0.1, -0.05) is 0 Å². The second-order valence-electron chi connectivity index (χ2n) is 3.91. The molecule has 0 radical (unpaired) electrons. The van der Waals surface area contributed by atoms with Gasteiger partial charge in [0, 0.05) is 12.1 Å². The Morgan fingerprint density at radius 1 is 1.47 bits per heavy atom. The van der Waals surface area contributed by atoms with Crippen molar-refractivity contribution in [3.05, 3.63) is 35.7 Å². The van der Waals surface area contributed by atoms with Gasteiger partial charge in [-0.25, -0.2) is 0 Å². The molecule has 0 unspecified atom stereocenters. The van der Waals surface area contributed by atoms with E-state index in [0.717, 1.165) is 11.3 Å². The van der Waals surface area contributed by atoms with Gasteiger partial charge in [0.15, 0.2) is 0 Å². The minimum Gasteiger partial charge on any atom is -0.469 e. The summed E-state index contributed by atoms with van der Waals surface area (Å²) in [7, 11) is 1.62. The van der Waals surface area contributed by atoms with Crippen LogP contribution < -0.4 is 51.4 Å². The van der Waals surface area contributed by atoms with Crippen LogP contribution in [0.15, 0.2) is 28.8 Å². The first-order valence-corrected chi connectivity index (χ1v) is 4.90. The molecule has 1 rings (SSSR count). The summed E-state index contributed by atoms with van der Waals surface area (Å²) in [4.78, 5) is 1.56. The van der Waals surface area contributed by atoms with E-state index >= 15 is 0 Å². The van der Waals surface area contributed by atoms with Gasteiger partial charge in [0.25, 0.3) is 0 Å². The largest absolute Gasteiger partial charge is 1.00 e. The Morgan fingerprint density at radius 3 is 2.47 bits per heavy atom. The number of likely N-dealkylation sites (N-methyl/N-ethyl adjacent to an activating group) is 1. The first-order chi connectivity index (χ1) is 7.30. The van der Waals surface area contributed by atoms with Crippen LogP contribution >= 0.6 is 0 Å². The van der Waals surface area contributed by atoms with Crippen LogP contribution in [0.2, 0.25) is 0 Å². The predicted octanol–water partition coefficient (Wildman–Crippen LogP) is -0.0334. The Balaban J connectivity index is 0.00000256. The van der Waals surface area contributed by atoms with Gasteiger partial charge in [-0.3, -0.25) is 0 Å². The second kappa shape index (κ2) is 7.16. The first kappa shape index (κ1) is 17.5. The van der Waals surface area contributed by atoms with Crippen LogP contribution in [0.25, 0.3) is 0 Å². The molecule has 0 N–H and O–H groups in total. The van der Waals surface area contributed by atoms with Crippen LogP contribution in [-0.4, -0.2) is 25.5 Å². The molecule has 0 bridgehead atoms. The molecular formula is C10H14BF3KNO. The van der Waals surface area contributed by atoms with Gasteiger partial charge in [0.2, 0.25) is 0 Å². The molecule has 0 aliphatic carbocycles. The van der Waals surface area contributed by atoms with Crippen LogP contribution in [0.3, 0.4) is 0 Å². The maximum Gasteiger partial charge on any atom is 1.00 e. The van der Waals surface area contributed by atoms with Crippen molar-refractivity contribution in [2.24, 2.45) is 0 Å². The third-order valence-corrected chi connectivity index (χ3v) is 2.34. The molecular weight excluding hydrogens is 257 g/mol. The molecule has 0 fully saturated rings. The monoisotopic (exact) mass is 271 g/mol. The molecule has 1 heterocycles. The number of halogens is 3. The first-order valence-electron chi connectivity index (χ1n) is 4.90. The Kier molecular flexibility index (Phi) is 7.36. The van der Waals surface area contributed by atoms with Crippen LogP contribution in [0, 0.1) is 6.92 Å². The number of furan rings is 1. The van der Waals surface area contributed by atoms with Crippen LogP contribution in [0.4, 0.5) is 12.9 Å². The van der Waals surface area contributed by atoms with E-state index in [9.17, 15) is 12.9 Å². The molecule has 7 heteroatoms. The minimum absolute atomic E-state index is 0. The fourth-order valence-corrected chi connectivity index (χ4v) is 1.37. The molecule has 90 valence electrons. The molecule has 0 aliphatic heterocycles. The quantitative estimate of drug-likeness (QED) is 0.699. The molecule has 0 saturated heterocycles. The van der Waals surface area contributed by atoms with Crippen LogP contribution in [0.1, 0.15) is 11.3 Å². The summed E-state index contributed by atoms with van der Waals surface area (Å²) in [6, 6.07) is 1.76. The Labute approximate surface area is 142 Å². The van der Waals surface area contributed by atoms with Crippen molar-refractivity contribution in [2.75, 3.05) is 13.6 Å². The van der Waals surface area contributed by atoms with Crippen LogP contribution in [-0.2, 0) is 6.54 Å². The van der Waals surface area contributed by atoms with E-state index in [1.165, 1.54) is 6.26 Å². The molecule has 0 aromatic carbocycles. The smallest absolute Gasteiger partial charge is 0.469 e. The summed E-state index contributed by atoms with van der Waals surface area (Å²) in [5.74, 6) is 0.731. The van der Waals surface area contributed by atoms with E-state index < -0.39 is 12.4 Å². The zero-order valence-corrected chi connectivity index (χ0v) is 13.5. The number of rotatable bonds is 5. The summed E-state index contributed by atoms with van der Waals surface area (Å²) in [6.07, 6.45) is 1.53. The van der Waals surface area contributed by atoms with E-state index in [4.69, 9.17) is 4.42 Å². The average molecular weight is 271 g/mol. The van der Waals surface area contributed by atoms with Gasteiger partial charge in [-0.2, -0.15) is 0 Å². The zero-order valence-electron chi connectivity index (χ0n) is 10.3. The van der Waals surface area contributed by atoms with Crippen LogP contribution in [0.5, 0.6) is 0 Å². The predicted molar refractivity (Wildman–Crippen MR) is 58.0 cm³/mol. The van der Waals surface area contributed by atoms with E-state index in [1.54, 1.807) is 24.9 Å². The van der Waals surface area contributed by atoms with Gasteiger partial charge < -0.3 is 22.3 Å². The standard InChI is InChI=1S/C10H14BF3NO.K/c1-8(11(12,13)14)6-15(3)7-10-4-5-16-9(10)2;/h4-5H,1,6-7H2,2-3H3;/q-1;+1. The van der Waals surface area contributed by atoms with Crippen molar-refractivity contribution in [3.63, 3.8) is 0 Å². The van der Waals surface area contributed by atoms with E-state index in [0.29, 0.717) is 6.54 Å². The Hall–Kier alpha value is 0.471. The molecule has 1 aromatic heterocycles. The number of aryl methyl sites for hydroxylation is 1. The third-order valence-electron chi connectivity index (χ3n) is 2.34. The summed E-state index contributed by atoms with van der Waals surface area (Å²) < 4.78 is 41.9. The molecule has 0 aliphatic rings. The molecule has 1 aromatic rings.